The highest BCUT2D eigenvalue weighted by Crippen LogP contribution is 2.29. The van der Waals surface area contributed by atoms with E-state index < -0.39 is 10.0 Å². The smallest absolute Gasteiger partial charge is 0.277 e. The Balaban J connectivity index is 2.06. The van der Waals surface area contributed by atoms with Crippen LogP contribution in [0.1, 0.15) is 29.7 Å². The maximum Gasteiger partial charge on any atom is 0.279 e. The number of halogens is 1. The molecule has 1 aromatic heterocycles. The van der Waals surface area contributed by atoms with E-state index in [9.17, 15) is 8.42 Å². The molecule has 0 atom stereocenters. The van der Waals surface area contributed by atoms with Crippen LogP contribution in [0.3, 0.4) is 0 Å². The lowest BCUT2D eigenvalue weighted by atomic mass is 9.99. The lowest BCUT2D eigenvalue weighted by molar-refractivity contribution is 0.579. The predicted molar refractivity (Wildman–Crippen MR) is 89.5 cm³/mol. The van der Waals surface area contributed by atoms with Gasteiger partial charge < -0.3 is 0 Å². The van der Waals surface area contributed by atoms with Gasteiger partial charge in [0, 0.05) is 17.1 Å². The summed E-state index contributed by atoms with van der Waals surface area (Å²) >= 11 is 3.29. The summed E-state index contributed by atoms with van der Waals surface area (Å²) in [6.07, 6.45) is 3.50. The van der Waals surface area contributed by atoms with Crippen LogP contribution in [0.2, 0.25) is 0 Å². The minimum absolute atomic E-state index is 0.191. The molecule has 1 heterocycles. The first-order valence-corrected chi connectivity index (χ1v) is 9.47. The molecule has 0 spiro atoms. The van der Waals surface area contributed by atoms with Crippen LogP contribution in [-0.2, 0) is 29.9 Å². The topological polar surface area (TPSA) is 87.8 Å². The van der Waals surface area contributed by atoms with Crippen LogP contribution in [0.25, 0.3) is 0 Å². The zero-order valence-electron chi connectivity index (χ0n) is 12.5. The molecule has 0 radical (unpaired) electrons. The predicted octanol–water partition coefficient (Wildman–Crippen LogP) is 2.73. The number of nitriles is 1. The molecule has 1 aliphatic rings. The number of aryl methyl sites for hydroxylation is 2. The van der Waals surface area contributed by atoms with Crippen molar-refractivity contribution in [3.8, 4) is 6.07 Å². The van der Waals surface area contributed by atoms with E-state index in [-0.39, 0.29) is 16.3 Å². The fraction of sp³-hybridized carbons (Fsp3) is 0.333. The van der Waals surface area contributed by atoms with E-state index >= 15 is 0 Å². The van der Waals surface area contributed by atoms with Crippen molar-refractivity contribution >= 4 is 31.6 Å². The number of sulfonamides is 1. The average molecular weight is 395 g/mol. The number of hydrogen-bond acceptors (Lipinski definition) is 4. The molecule has 6 nitrogen and oxygen atoms in total. The maximum atomic E-state index is 12.8. The fourth-order valence-electron chi connectivity index (χ4n) is 2.88. The second-order valence-electron chi connectivity index (χ2n) is 5.47. The van der Waals surface area contributed by atoms with Crippen LogP contribution in [0.4, 0.5) is 5.69 Å². The molecular weight excluding hydrogens is 380 g/mol. The highest BCUT2D eigenvalue weighted by molar-refractivity contribution is 9.10. The number of nitrogens with one attached hydrogen (secondary N) is 1. The summed E-state index contributed by atoms with van der Waals surface area (Å²) in [6.45, 7) is 0. The Morgan fingerprint density at radius 3 is 2.83 bits per heavy atom. The number of rotatable bonds is 3. The van der Waals surface area contributed by atoms with E-state index in [2.05, 4.69) is 25.8 Å². The average Bonchev–Trinajstić information content (AvgIpc) is 2.83. The van der Waals surface area contributed by atoms with Crippen molar-refractivity contribution < 1.29 is 8.42 Å². The molecular formula is C15H15BrN4O2S. The van der Waals surface area contributed by atoms with Gasteiger partial charge in [-0.25, -0.2) is 0 Å². The van der Waals surface area contributed by atoms with E-state index in [1.54, 1.807) is 25.2 Å². The number of fused-ring (bicyclic) bond motifs is 1. The summed E-state index contributed by atoms with van der Waals surface area (Å²) in [5.41, 5.74) is 2.18. The molecule has 1 N–H and O–H groups in total. The molecule has 2 aromatic rings. The van der Waals surface area contributed by atoms with E-state index in [4.69, 9.17) is 5.26 Å². The monoisotopic (exact) mass is 394 g/mol. The van der Waals surface area contributed by atoms with Gasteiger partial charge in [0.25, 0.3) is 10.0 Å². The zero-order chi connectivity index (χ0) is 16.6. The molecule has 23 heavy (non-hydrogen) atoms. The van der Waals surface area contributed by atoms with Crippen molar-refractivity contribution in [2.45, 2.75) is 30.7 Å². The van der Waals surface area contributed by atoms with Crippen molar-refractivity contribution in [2.24, 2.45) is 7.05 Å². The lowest BCUT2D eigenvalue weighted by Gasteiger charge is -2.14. The quantitative estimate of drug-likeness (QED) is 0.866. The van der Waals surface area contributed by atoms with Crippen molar-refractivity contribution in [3.63, 3.8) is 0 Å². The molecule has 0 bridgehead atoms. The lowest BCUT2D eigenvalue weighted by Crippen LogP contribution is -2.19. The standard InChI is InChI=1S/C15H15BrN4O2S/c1-20-15(12-4-2-3-5-13(12)18-20)23(21,22)19-14-8-11(16)7-6-10(14)9-17/h6-8,19H,2-5H2,1H3. The number of nitrogens with zero attached hydrogens (tertiary/aromatic N) is 3. The summed E-state index contributed by atoms with van der Waals surface area (Å²) in [5.74, 6) is 0. The molecule has 3 rings (SSSR count). The first-order chi connectivity index (χ1) is 10.9. The second-order valence-corrected chi connectivity index (χ2v) is 7.98. The SMILES string of the molecule is Cn1nc2c(c1S(=O)(=O)Nc1cc(Br)ccc1C#N)CCCC2. The molecule has 0 unspecified atom stereocenters. The number of aromatic nitrogens is 2. The van der Waals surface area contributed by atoms with E-state index in [1.165, 1.54) is 4.68 Å². The Labute approximate surface area is 143 Å². The van der Waals surface area contributed by atoms with Gasteiger partial charge in [-0.2, -0.15) is 18.8 Å². The van der Waals surface area contributed by atoms with Crippen molar-refractivity contribution in [2.75, 3.05) is 4.72 Å². The van der Waals surface area contributed by atoms with Crippen molar-refractivity contribution in [3.05, 3.63) is 39.5 Å². The van der Waals surface area contributed by atoms with Gasteiger partial charge in [-0.15, -0.1) is 0 Å². The van der Waals surface area contributed by atoms with Gasteiger partial charge in [0.2, 0.25) is 0 Å². The van der Waals surface area contributed by atoms with Crippen molar-refractivity contribution in [1.82, 2.24) is 9.78 Å². The third-order valence-corrected chi connectivity index (χ3v) is 5.86. The molecule has 8 heteroatoms. The van der Waals surface area contributed by atoms with Crippen LogP contribution < -0.4 is 4.72 Å². The van der Waals surface area contributed by atoms with Crippen molar-refractivity contribution in [1.29, 1.82) is 5.26 Å². The molecule has 120 valence electrons. The first-order valence-electron chi connectivity index (χ1n) is 7.19. The third kappa shape index (κ3) is 2.99. The Kier molecular flexibility index (Phi) is 4.17. The van der Waals surface area contributed by atoms with Crippen LogP contribution in [0.5, 0.6) is 0 Å². The fourth-order valence-corrected chi connectivity index (χ4v) is 4.73. The second kappa shape index (κ2) is 5.98. The van der Waals surface area contributed by atoms with E-state index in [0.717, 1.165) is 30.5 Å². The van der Waals surface area contributed by atoms with Gasteiger partial charge in [-0.05, 0) is 43.9 Å². The number of hydrogen-bond donors (Lipinski definition) is 1. The molecule has 0 aliphatic heterocycles. The Morgan fingerprint density at radius 2 is 2.09 bits per heavy atom. The van der Waals surface area contributed by atoms with Gasteiger partial charge in [0.1, 0.15) is 6.07 Å². The highest BCUT2D eigenvalue weighted by atomic mass is 79.9. The third-order valence-electron chi connectivity index (χ3n) is 3.86. The summed E-state index contributed by atoms with van der Waals surface area (Å²) in [4.78, 5) is 0. The van der Waals surface area contributed by atoms with Crippen LogP contribution in [-0.4, -0.2) is 18.2 Å². The molecule has 1 aliphatic carbocycles. The van der Waals surface area contributed by atoms with Crippen LogP contribution >= 0.6 is 15.9 Å². The minimum Gasteiger partial charge on any atom is -0.277 e. The first kappa shape index (κ1) is 16.0. The van der Waals surface area contributed by atoms with Gasteiger partial charge in [0.15, 0.2) is 5.03 Å². The van der Waals surface area contributed by atoms with Gasteiger partial charge >= 0.3 is 0 Å². The molecule has 1 aromatic carbocycles. The van der Waals surface area contributed by atoms with Crippen LogP contribution in [0, 0.1) is 11.3 Å². The van der Waals surface area contributed by atoms with Gasteiger partial charge in [-0.1, -0.05) is 15.9 Å². The van der Waals surface area contributed by atoms with E-state index in [1.807, 2.05) is 6.07 Å². The molecule has 0 fully saturated rings. The normalized spacial score (nSPS) is 14.1. The number of benzene rings is 1. The maximum absolute atomic E-state index is 12.8. The Hall–Kier alpha value is -1.85. The largest absolute Gasteiger partial charge is 0.279 e. The summed E-state index contributed by atoms with van der Waals surface area (Å²) in [7, 11) is -2.18. The highest BCUT2D eigenvalue weighted by Gasteiger charge is 2.29. The van der Waals surface area contributed by atoms with Gasteiger partial charge in [0.05, 0.1) is 16.9 Å². The molecule has 0 amide bonds. The van der Waals surface area contributed by atoms with Gasteiger partial charge in [-0.3, -0.25) is 9.40 Å². The van der Waals surface area contributed by atoms with Crippen LogP contribution in [0.15, 0.2) is 27.7 Å². The van der Waals surface area contributed by atoms with E-state index in [0.29, 0.717) is 10.9 Å². The zero-order valence-corrected chi connectivity index (χ0v) is 14.9. The summed E-state index contributed by atoms with van der Waals surface area (Å²) in [5, 5.41) is 13.7. The Bertz CT molecular complexity index is 912. The minimum atomic E-state index is -3.81. The summed E-state index contributed by atoms with van der Waals surface area (Å²) in [6, 6.07) is 6.85. The molecule has 0 saturated carbocycles. The Morgan fingerprint density at radius 1 is 1.35 bits per heavy atom. The summed E-state index contributed by atoms with van der Waals surface area (Å²) < 4.78 is 30.3. The number of anilines is 1. The molecule has 0 saturated heterocycles.